The zero-order valence-electron chi connectivity index (χ0n) is 16.1. The van der Waals surface area contributed by atoms with Crippen molar-refractivity contribution in [1.29, 1.82) is 0 Å². The van der Waals surface area contributed by atoms with Crippen LogP contribution in [0.2, 0.25) is 0 Å². The van der Waals surface area contributed by atoms with E-state index in [4.69, 9.17) is 14.6 Å². The summed E-state index contributed by atoms with van der Waals surface area (Å²) in [6.07, 6.45) is 0.143. The molecule has 2 aromatic rings. The monoisotopic (exact) mass is 417 g/mol. The third kappa shape index (κ3) is 5.40. The summed E-state index contributed by atoms with van der Waals surface area (Å²) < 4.78 is 22.8. The fourth-order valence-electron chi connectivity index (χ4n) is 3.42. The molecule has 0 spiro atoms. The van der Waals surface area contributed by atoms with E-state index in [2.05, 4.69) is 5.32 Å². The highest BCUT2D eigenvalue weighted by molar-refractivity contribution is 7.25. The van der Waals surface area contributed by atoms with Crippen LogP contribution in [0.25, 0.3) is 0 Å². The molecule has 0 amide bonds. The Morgan fingerprint density at radius 1 is 1.28 bits per heavy atom. The van der Waals surface area contributed by atoms with Crippen LogP contribution in [-0.4, -0.2) is 53.9 Å². The lowest BCUT2D eigenvalue weighted by molar-refractivity contribution is -0.0845. The smallest absolute Gasteiger partial charge is 0.335 e. The number of nitrogens with one attached hydrogen (secondary N) is 1. The molecule has 1 aliphatic heterocycles. The predicted octanol–water partition coefficient (Wildman–Crippen LogP) is 2.52. The zero-order chi connectivity index (χ0) is 20.9. The second-order valence-electron chi connectivity index (χ2n) is 7.13. The van der Waals surface area contributed by atoms with Crippen molar-refractivity contribution in [3.63, 3.8) is 0 Å². The van der Waals surface area contributed by atoms with Crippen LogP contribution >= 0.6 is 8.46 Å². The number of carboxylic acids is 1. The number of carboxylic acid groups (broad SMARTS) is 1. The minimum absolute atomic E-state index is 0.0242. The van der Waals surface area contributed by atoms with E-state index in [1.54, 1.807) is 37.4 Å². The van der Waals surface area contributed by atoms with Crippen molar-refractivity contribution in [2.24, 2.45) is 0 Å². The van der Waals surface area contributed by atoms with Crippen molar-refractivity contribution >= 4 is 14.4 Å². The number of hydrogen-bond acceptors (Lipinski definition) is 6. The van der Waals surface area contributed by atoms with Crippen LogP contribution < -0.4 is 10.1 Å². The van der Waals surface area contributed by atoms with E-state index in [9.17, 15) is 14.5 Å². The Labute approximate surface area is 170 Å². The van der Waals surface area contributed by atoms with Crippen LogP contribution in [0.5, 0.6) is 5.75 Å². The summed E-state index contributed by atoms with van der Waals surface area (Å²) in [6.45, 7) is 0.660. The van der Waals surface area contributed by atoms with Gasteiger partial charge in [-0.3, -0.25) is 4.57 Å². The first-order valence-corrected chi connectivity index (χ1v) is 10.1. The standard InChI is InChI=1S/C21H24NO6P/c1-27-18-7-5-14(6-8-18)11-21(25,29-26)19-12-22-17(13-28-19)10-15-3-2-4-16(9-15)20(23)24/h2-9,17,19,22,25H,10-13H2,1H3,(H,23,24)/t17-,19-,21?/m1/s1. The normalized spacial score (nSPS) is 21.4. The van der Waals surface area contributed by atoms with Crippen LogP contribution in [0, 0.1) is 0 Å². The van der Waals surface area contributed by atoms with Gasteiger partial charge in [0.1, 0.15) is 11.9 Å². The Kier molecular flexibility index (Phi) is 6.98. The highest BCUT2D eigenvalue weighted by atomic mass is 31.1. The zero-order valence-corrected chi connectivity index (χ0v) is 17.0. The molecule has 1 saturated heterocycles. The van der Waals surface area contributed by atoms with Crippen molar-refractivity contribution in [2.45, 2.75) is 30.3 Å². The van der Waals surface area contributed by atoms with E-state index in [0.29, 0.717) is 25.3 Å². The van der Waals surface area contributed by atoms with Crippen LogP contribution in [0.15, 0.2) is 48.5 Å². The maximum Gasteiger partial charge on any atom is 0.335 e. The molecule has 0 aliphatic carbocycles. The van der Waals surface area contributed by atoms with E-state index < -0.39 is 25.9 Å². The van der Waals surface area contributed by atoms with Crippen molar-refractivity contribution in [3.8, 4) is 5.75 Å². The van der Waals surface area contributed by atoms with E-state index >= 15 is 0 Å². The Morgan fingerprint density at radius 2 is 2.03 bits per heavy atom. The number of rotatable bonds is 8. The molecule has 29 heavy (non-hydrogen) atoms. The van der Waals surface area contributed by atoms with Crippen LogP contribution in [-0.2, 0) is 22.1 Å². The molecule has 7 nitrogen and oxygen atoms in total. The minimum Gasteiger partial charge on any atom is -0.497 e. The van der Waals surface area contributed by atoms with Crippen LogP contribution in [0.3, 0.4) is 0 Å². The summed E-state index contributed by atoms with van der Waals surface area (Å²) in [5.74, 6) is -0.250. The number of carbonyl (C=O) groups is 1. The van der Waals surface area contributed by atoms with Gasteiger partial charge in [-0.25, -0.2) is 4.79 Å². The Balaban J connectivity index is 1.59. The lowest BCUT2D eigenvalue weighted by Gasteiger charge is -2.37. The van der Waals surface area contributed by atoms with Gasteiger partial charge in [0, 0.05) is 19.0 Å². The van der Waals surface area contributed by atoms with E-state index in [1.165, 1.54) is 0 Å². The van der Waals surface area contributed by atoms with Gasteiger partial charge in [0.15, 0.2) is 13.8 Å². The quantitative estimate of drug-likeness (QED) is 0.567. The molecule has 3 atom stereocenters. The van der Waals surface area contributed by atoms with Gasteiger partial charge in [0.2, 0.25) is 0 Å². The Bertz CT molecular complexity index is 851. The van der Waals surface area contributed by atoms with Gasteiger partial charge in [-0.15, -0.1) is 0 Å². The summed E-state index contributed by atoms with van der Waals surface area (Å²) in [5, 5.41) is 21.8. The molecule has 154 valence electrons. The molecule has 1 heterocycles. The van der Waals surface area contributed by atoms with Crippen LogP contribution in [0.4, 0.5) is 0 Å². The summed E-state index contributed by atoms with van der Waals surface area (Å²) >= 11 is 0. The molecule has 8 heteroatoms. The van der Waals surface area contributed by atoms with E-state index in [-0.39, 0.29) is 18.0 Å². The molecular formula is C21H24NO6P. The van der Waals surface area contributed by atoms with Crippen molar-refractivity contribution in [3.05, 3.63) is 65.2 Å². The van der Waals surface area contributed by atoms with Crippen molar-refractivity contribution in [2.75, 3.05) is 20.3 Å². The SMILES string of the molecule is COc1ccc(CC(O)(P=O)[C@H]2CN[C@H](Cc3cccc(C(=O)O)c3)CO2)cc1. The molecule has 2 aromatic carbocycles. The van der Waals surface area contributed by atoms with Gasteiger partial charge in [-0.2, -0.15) is 0 Å². The summed E-state index contributed by atoms with van der Waals surface area (Å²) in [5.41, 5.74) is 1.96. The molecule has 3 rings (SSSR count). The van der Waals surface area contributed by atoms with Crippen molar-refractivity contribution < 1.29 is 29.0 Å². The maximum atomic E-state index is 11.8. The fraction of sp³-hybridized carbons (Fsp3) is 0.381. The fourth-order valence-corrected chi connectivity index (χ4v) is 3.95. The molecule has 0 aromatic heterocycles. The number of morpholine rings is 1. The minimum atomic E-state index is -1.55. The van der Waals surface area contributed by atoms with E-state index in [1.807, 2.05) is 18.2 Å². The second-order valence-corrected chi connectivity index (χ2v) is 8.09. The third-order valence-corrected chi connectivity index (χ3v) is 5.81. The number of ether oxygens (including phenoxy) is 2. The van der Waals surface area contributed by atoms with Gasteiger partial charge < -0.3 is 25.0 Å². The van der Waals surface area contributed by atoms with Gasteiger partial charge in [-0.1, -0.05) is 24.3 Å². The molecule has 1 aliphatic rings. The summed E-state index contributed by atoms with van der Waals surface area (Å²) in [7, 11) is 1.18. The average molecular weight is 417 g/mol. The lowest BCUT2D eigenvalue weighted by atomic mass is 9.99. The number of methoxy groups -OCH3 is 1. The van der Waals surface area contributed by atoms with E-state index in [0.717, 1.165) is 11.1 Å². The van der Waals surface area contributed by atoms with Gasteiger partial charge >= 0.3 is 5.97 Å². The maximum absolute atomic E-state index is 11.8. The highest BCUT2D eigenvalue weighted by Gasteiger charge is 2.41. The van der Waals surface area contributed by atoms with Gasteiger partial charge in [0.05, 0.1) is 19.3 Å². The molecule has 3 N–H and O–H groups in total. The number of aliphatic hydroxyl groups is 1. The first-order chi connectivity index (χ1) is 13.9. The molecule has 1 unspecified atom stereocenters. The predicted molar refractivity (Wildman–Crippen MR) is 108 cm³/mol. The largest absolute Gasteiger partial charge is 0.497 e. The Morgan fingerprint density at radius 3 is 2.62 bits per heavy atom. The number of benzene rings is 2. The molecular weight excluding hydrogens is 393 g/mol. The Hall–Kier alpha value is -2.31. The van der Waals surface area contributed by atoms with Gasteiger partial charge in [0.25, 0.3) is 0 Å². The second kappa shape index (κ2) is 9.46. The molecule has 1 fully saturated rings. The summed E-state index contributed by atoms with van der Waals surface area (Å²) in [6, 6.07) is 14.0. The first-order valence-electron chi connectivity index (χ1n) is 9.30. The lowest BCUT2D eigenvalue weighted by Crippen LogP contribution is -2.55. The van der Waals surface area contributed by atoms with Crippen LogP contribution in [0.1, 0.15) is 21.5 Å². The number of aromatic carboxylic acids is 1. The number of hydrogen-bond donors (Lipinski definition) is 3. The first kappa shape index (κ1) is 21.4. The topological polar surface area (TPSA) is 105 Å². The third-order valence-electron chi connectivity index (χ3n) is 5.04. The molecule has 0 radical (unpaired) electrons. The molecule has 0 saturated carbocycles. The summed E-state index contributed by atoms with van der Waals surface area (Å²) in [4.78, 5) is 11.1. The average Bonchev–Trinajstić information content (AvgIpc) is 2.75. The highest BCUT2D eigenvalue weighted by Crippen LogP contribution is 2.32. The van der Waals surface area contributed by atoms with Gasteiger partial charge in [-0.05, 0) is 41.8 Å². The van der Waals surface area contributed by atoms with Crippen molar-refractivity contribution in [1.82, 2.24) is 5.32 Å². The molecule has 0 bridgehead atoms.